The van der Waals surface area contributed by atoms with Crippen molar-refractivity contribution in [1.82, 2.24) is 24.5 Å². The lowest BCUT2D eigenvalue weighted by molar-refractivity contribution is 1.07. The molecule has 0 N–H and O–H groups in total. The smallest absolute Gasteiger partial charge is 0.164 e. The van der Waals surface area contributed by atoms with Gasteiger partial charge in [0.15, 0.2) is 17.5 Å². The molecule has 11 aromatic rings. The molecule has 0 unspecified atom stereocenters. The van der Waals surface area contributed by atoms with Crippen molar-refractivity contribution in [1.29, 1.82) is 0 Å². The molecule has 0 aliphatic rings. The maximum atomic E-state index is 5.24. The van der Waals surface area contributed by atoms with Crippen LogP contribution >= 0.6 is 11.3 Å². The first-order chi connectivity index (χ1) is 27.8. The van der Waals surface area contributed by atoms with Crippen molar-refractivity contribution in [3.8, 4) is 62.2 Å². The standard InChI is InChI=1S/C50H31N5S/c1-2-14-32(15-3-1)48-52-49(34-17-12-16-33(30-34)36-21-13-22-40-39-20-6-9-26-46(39)56-47(36)40)54-50(53-48)35-27-28-41(42-23-10-11-29-51-42)45(31-35)55-43-24-7-4-18-37(43)38-19-5-8-25-44(38)55/h1-31H. The van der Waals surface area contributed by atoms with Crippen LogP contribution < -0.4 is 0 Å². The monoisotopic (exact) mass is 733 g/mol. The van der Waals surface area contributed by atoms with Gasteiger partial charge in [0.25, 0.3) is 0 Å². The highest BCUT2D eigenvalue weighted by atomic mass is 32.1. The van der Waals surface area contributed by atoms with E-state index in [0.29, 0.717) is 17.5 Å². The summed E-state index contributed by atoms with van der Waals surface area (Å²) in [6.07, 6.45) is 1.85. The van der Waals surface area contributed by atoms with E-state index in [2.05, 4.69) is 156 Å². The maximum absolute atomic E-state index is 5.24. The molecule has 0 atom stereocenters. The van der Waals surface area contributed by atoms with E-state index in [1.54, 1.807) is 0 Å². The zero-order chi connectivity index (χ0) is 37.0. The number of rotatable bonds is 6. The Morgan fingerprint density at radius 3 is 1.73 bits per heavy atom. The Kier molecular flexibility index (Phi) is 7.60. The third kappa shape index (κ3) is 5.38. The molecule has 0 saturated carbocycles. The summed E-state index contributed by atoms with van der Waals surface area (Å²) in [5.41, 5.74) is 10.2. The largest absolute Gasteiger partial charge is 0.309 e. The third-order valence-electron chi connectivity index (χ3n) is 10.5. The van der Waals surface area contributed by atoms with Crippen LogP contribution in [0, 0.1) is 0 Å². The number of fused-ring (bicyclic) bond motifs is 6. The van der Waals surface area contributed by atoms with Gasteiger partial charge < -0.3 is 4.57 Å². The zero-order valence-corrected chi connectivity index (χ0v) is 30.9. The number of pyridine rings is 1. The topological polar surface area (TPSA) is 56.5 Å². The Labute approximate surface area is 326 Å². The molecule has 0 aliphatic carbocycles. The van der Waals surface area contributed by atoms with Gasteiger partial charge in [0.1, 0.15) is 0 Å². The summed E-state index contributed by atoms with van der Waals surface area (Å²) in [5, 5.41) is 4.95. The number of benzene rings is 7. The molecule has 4 heterocycles. The Hall–Kier alpha value is -7.28. The predicted octanol–water partition coefficient (Wildman–Crippen LogP) is 13.1. The van der Waals surface area contributed by atoms with E-state index in [1.807, 2.05) is 47.9 Å². The molecule has 5 nitrogen and oxygen atoms in total. The molecule has 0 amide bonds. The van der Waals surface area contributed by atoms with Gasteiger partial charge in [-0.15, -0.1) is 11.3 Å². The van der Waals surface area contributed by atoms with Crippen molar-refractivity contribution in [2.75, 3.05) is 0 Å². The van der Waals surface area contributed by atoms with Gasteiger partial charge in [0.2, 0.25) is 0 Å². The minimum atomic E-state index is 0.598. The van der Waals surface area contributed by atoms with E-state index in [-0.39, 0.29) is 0 Å². The van der Waals surface area contributed by atoms with Gasteiger partial charge in [0, 0.05) is 59.4 Å². The van der Waals surface area contributed by atoms with Gasteiger partial charge in [-0.1, -0.05) is 133 Å². The zero-order valence-electron chi connectivity index (χ0n) is 30.0. The molecule has 56 heavy (non-hydrogen) atoms. The molecular formula is C50H31N5S. The van der Waals surface area contributed by atoms with Crippen LogP contribution in [0.4, 0.5) is 0 Å². The molecule has 0 saturated heterocycles. The Morgan fingerprint density at radius 1 is 0.393 bits per heavy atom. The molecule has 0 fully saturated rings. The van der Waals surface area contributed by atoms with E-state index < -0.39 is 0 Å². The van der Waals surface area contributed by atoms with Gasteiger partial charge in [-0.05, 0) is 59.7 Å². The van der Waals surface area contributed by atoms with Gasteiger partial charge in [0.05, 0.1) is 22.4 Å². The normalized spacial score (nSPS) is 11.6. The van der Waals surface area contributed by atoms with Crippen LogP contribution in [0.25, 0.3) is 104 Å². The number of nitrogens with zero attached hydrogens (tertiary/aromatic N) is 5. The van der Waals surface area contributed by atoms with E-state index in [4.69, 9.17) is 19.9 Å². The second-order valence-corrected chi connectivity index (χ2v) is 14.9. The van der Waals surface area contributed by atoms with Crippen LogP contribution in [0.2, 0.25) is 0 Å². The van der Waals surface area contributed by atoms with Gasteiger partial charge in [-0.25, -0.2) is 15.0 Å². The molecule has 0 aliphatic heterocycles. The molecule has 262 valence electrons. The lowest BCUT2D eigenvalue weighted by Crippen LogP contribution is -2.02. The molecule has 7 aromatic carbocycles. The summed E-state index contributed by atoms with van der Waals surface area (Å²) in [5.74, 6) is 1.83. The fourth-order valence-corrected chi connectivity index (χ4v) is 9.17. The van der Waals surface area contributed by atoms with Gasteiger partial charge in [-0.2, -0.15) is 0 Å². The Balaban J connectivity index is 1.12. The summed E-state index contributed by atoms with van der Waals surface area (Å²) in [6.45, 7) is 0. The molecule has 4 aromatic heterocycles. The highest BCUT2D eigenvalue weighted by Gasteiger charge is 2.20. The second kappa shape index (κ2) is 13.2. The maximum Gasteiger partial charge on any atom is 0.164 e. The molecule has 0 bridgehead atoms. The number of hydrogen-bond acceptors (Lipinski definition) is 5. The average Bonchev–Trinajstić information content (AvgIpc) is 3.83. The van der Waals surface area contributed by atoms with Gasteiger partial charge in [-0.3, -0.25) is 4.98 Å². The first kappa shape index (κ1) is 32.2. The van der Waals surface area contributed by atoms with E-state index >= 15 is 0 Å². The quantitative estimate of drug-likeness (QED) is 0.171. The van der Waals surface area contributed by atoms with Gasteiger partial charge >= 0.3 is 0 Å². The number of hydrogen-bond donors (Lipinski definition) is 0. The van der Waals surface area contributed by atoms with Crippen LogP contribution in [0.15, 0.2) is 188 Å². The van der Waals surface area contributed by atoms with Crippen molar-refractivity contribution in [2.24, 2.45) is 0 Å². The third-order valence-corrected chi connectivity index (χ3v) is 11.7. The minimum Gasteiger partial charge on any atom is -0.309 e. The molecular weight excluding hydrogens is 703 g/mol. The van der Waals surface area contributed by atoms with Crippen LogP contribution in [0.3, 0.4) is 0 Å². The summed E-state index contributed by atoms with van der Waals surface area (Å²) < 4.78 is 4.91. The van der Waals surface area contributed by atoms with Crippen molar-refractivity contribution in [3.05, 3.63) is 188 Å². The average molecular weight is 734 g/mol. The fourth-order valence-electron chi connectivity index (χ4n) is 7.93. The Morgan fingerprint density at radius 2 is 0.982 bits per heavy atom. The summed E-state index contributed by atoms with van der Waals surface area (Å²) >= 11 is 1.84. The van der Waals surface area contributed by atoms with Crippen LogP contribution in [0.1, 0.15) is 0 Å². The number of aromatic nitrogens is 5. The lowest BCUT2D eigenvalue weighted by Gasteiger charge is -2.16. The van der Waals surface area contributed by atoms with E-state index in [9.17, 15) is 0 Å². The summed E-state index contributed by atoms with van der Waals surface area (Å²) in [6, 6.07) is 63.6. The molecule has 11 rings (SSSR count). The number of thiophene rings is 1. The van der Waals surface area contributed by atoms with Crippen LogP contribution in [-0.4, -0.2) is 24.5 Å². The summed E-state index contributed by atoms with van der Waals surface area (Å²) in [7, 11) is 0. The lowest BCUT2D eigenvalue weighted by atomic mass is 10.0. The second-order valence-electron chi connectivity index (χ2n) is 13.9. The fraction of sp³-hybridized carbons (Fsp3) is 0. The van der Waals surface area contributed by atoms with Crippen LogP contribution in [-0.2, 0) is 0 Å². The number of para-hydroxylation sites is 2. The predicted molar refractivity (Wildman–Crippen MR) is 232 cm³/mol. The molecule has 0 spiro atoms. The van der Waals surface area contributed by atoms with Crippen molar-refractivity contribution < 1.29 is 0 Å². The summed E-state index contributed by atoms with van der Waals surface area (Å²) in [4.78, 5) is 20.3. The SMILES string of the molecule is c1ccc(-c2nc(-c3cccc(-c4cccc5c4sc4ccccc45)c3)nc(-c3ccc(-c4ccccn4)c(-n4c5ccccc5c5ccccc54)c3)n2)cc1. The first-order valence-corrected chi connectivity index (χ1v) is 19.5. The van der Waals surface area contributed by atoms with E-state index in [1.165, 1.54) is 36.5 Å². The van der Waals surface area contributed by atoms with Crippen LogP contribution in [0.5, 0.6) is 0 Å². The highest BCUT2D eigenvalue weighted by molar-refractivity contribution is 7.26. The molecule has 0 radical (unpaired) electrons. The Bertz CT molecular complexity index is 3200. The highest BCUT2D eigenvalue weighted by Crippen LogP contribution is 2.41. The van der Waals surface area contributed by atoms with Crippen molar-refractivity contribution in [2.45, 2.75) is 0 Å². The van der Waals surface area contributed by atoms with Crippen molar-refractivity contribution in [3.63, 3.8) is 0 Å². The minimum absolute atomic E-state index is 0.598. The van der Waals surface area contributed by atoms with E-state index in [0.717, 1.165) is 50.2 Å². The first-order valence-electron chi connectivity index (χ1n) is 18.6. The van der Waals surface area contributed by atoms with Crippen molar-refractivity contribution >= 4 is 53.3 Å². The molecule has 6 heteroatoms.